The lowest BCUT2D eigenvalue weighted by atomic mass is 10.0. The van der Waals surface area contributed by atoms with Crippen molar-refractivity contribution in [1.82, 2.24) is 15.5 Å². The van der Waals surface area contributed by atoms with Gasteiger partial charge >= 0.3 is 0 Å². The Kier molecular flexibility index (Phi) is 3.97. The molecule has 1 atom stereocenters. The van der Waals surface area contributed by atoms with E-state index in [2.05, 4.69) is 15.5 Å². The third-order valence-corrected chi connectivity index (χ3v) is 4.11. The van der Waals surface area contributed by atoms with Gasteiger partial charge in [-0.15, -0.1) is 0 Å². The number of nitrogens with one attached hydrogen (secondary N) is 2. The Bertz CT molecular complexity index is 631. The van der Waals surface area contributed by atoms with E-state index in [9.17, 15) is 4.79 Å². The molecule has 1 heterocycles. The first-order valence-electron chi connectivity index (χ1n) is 7.28. The second-order valence-corrected chi connectivity index (χ2v) is 5.91. The monoisotopic (exact) mass is 303 g/mol. The van der Waals surface area contributed by atoms with Crippen LogP contribution in [-0.2, 0) is 6.42 Å². The Labute approximate surface area is 128 Å². The van der Waals surface area contributed by atoms with E-state index in [0.717, 1.165) is 30.5 Å². The predicted molar refractivity (Wildman–Crippen MR) is 82.3 cm³/mol. The Balaban J connectivity index is 1.76. The highest BCUT2D eigenvalue weighted by Gasteiger charge is 2.33. The fourth-order valence-corrected chi connectivity index (χ4v) is 2.57. The molecule has 1 unspecified atom stereocenters. The maximum Gasteiger partial charge on any atom is 0.272 e. The summed E-state index contributed by atoms with van der Waals surface area (Å²) in [4.78, 5) is 12.3. The highest BCUT2D eigenvalue weighted by atomic mass is 35.5. The summed E-state index contributed by atoms with van der Waals surface area (Å²) in [5, 5.41) is 10.8. The number of nitrogens with zero attached hydrogens (tertiary/aromatic N) is 1. The summed E-state index contributed by atoms with van der Waals surface area (Å²) in [7, 11) is 0. The van der Waals surface area contributed by atoms with Crippen LogP contribution in [-0.4, -0.2) is 16.1 Å². The number of carbonyl (C=O) groups excluding carboxylic acids is 1. The van der Waals surface area contributed by atoms with E-state index in [1.807, 2.05) is 31.2 Å². The first kappa shape index (κ1) is 14.1. The SMILES string of the molecule is CCc1cc(C(=O)NC(c2ccc(Cl)cc2)C2CC2)n[nH]1. The lowest BCUT2D eigenvalue weighted by Crippen LogP contribution is -2.30. The van der Waals surface area contributed by atoms with E-state index in [0.29, 0.717) is 16.6 Å². The van der Waals surface area contributed by atoms with Crippen LogP contribution in [0.2, 0.25) is 5.02 Å². The number of hydrogen-bond donors (Lipinski definition) is 2. The quantitative estimate of drug-likeness (QED) is 0.888. The van der Waals surface area contributed by atoms with E-state index >= 15 is 0 Å². The maximum absolute atomic E-state index is 12.3. The van der Waals surface area contributed by atoms with Crippen LogP contribution in [0.15, 0.2) is 30.3 Å². The Morgan fingerprint density at radius 3 is 2.71 bits per heavy atom. The van der Waals surface area contributed by atoms with Gasteiger partial charge in [0.1, 0.15) is 5.69 Å². The maximum atomic E-state index is 12.3. The minimum absolute atomic E-state index is 0.0385. The van der Waals surface area contributed by atoms with Crippen LogP contribution < -0.4 is 5.32 Å². The lowest BCUT2D eigenvalue weighted by Gasteiger charge is -2.18. The molecule has 2 aromatic rings. The van der Waals surface area contributed by atoms with Gasteiger partial charge in [0.05, 0.1) is 6.04 Å². The molecule has 0 spiro atoms. The number of aromatic amines is 1. The van der Waals surface area contributed by atoms with Crippen molar-refractivity contribution in [1.29, 1.82) is 0 Å². The van der Waals surface area contributed by atoms with Gasteiger partial charge in [0, 0.05) is 10.7 Å². The highest BCUT2D eigenvalue weighted by molar-refractivity contribution is 6.30. The van der Waals surface area contributed by atoms with E-state index in [1.54, 1.807) is 6.07 Å². The second kappa shape index (κ2) is 5.90. The number of aromatic nitrogens is 2. The van der Waals surface area contributed by atoms with Gasteiger partial charge in [-0.3, -0.25) is 9.89 Å². The zero-order valence-corrected chi connectivity index (χ0v) is 12.7. The topological polar surface area (TPSA) is 57.8 Å². The predicted octanol–water partition coefficient (Wildman–Crippen LogP) is 3.51. The number of carbonyl (C=O) groups is 1. The average Bonchev–Trinajstić information content (AvgIpc) is 3.22. The standard InChI is InChI=1S/C16H18ClN3O/c1-2-13-9-14(20-19-13)16(21)18-15(10-3-4-10)11-5-7-12(17)8-6-11/h5-10,15H,2-4H2,1H3,(H,18,21)(H,19,20). The third kappa shape index (κ3) is 3.27. The minimum Gasteiger partial charge on any atom is -0.344 e. The van der Waals surface area contributed by atoms with Crippen LogP contribution in [0, 0.1) is 5.92 Å². The molecule has 110 valence electrons. The molecule has 5 heteroatoms. The molecular formula is C16H18ClN3O. The van der Waals surface area contributed by atoms with Gasteiger partial charge in [0.2, 0.25) is 0 Å². The molecule has 3 rings (SSSR count). The summed E-state index contributed by atoms with van der Waals surface area (Å²) in [6.45, 7) is 2.02. The van der Waals surface area contributed by atoms with Gasteiger partial charge in [-0.05, 0) is 48.9 Å². The number of aryl methyl sites for hydroxylation is 1. The number of amides is 1. The van der Waals surface area contributed by atoms with Crippen LogP contribution in [0.4, 0.5) is 0 Å². The van der Waals surface area contributed by atoms with Crippen LogP contribution >= 0.6 is 11.6 Å². The van der Waals surface area contributed by atoms with Crippen molar-refractivity contribution in [2.45, 2.75) is 32.2 Å². The van der Waals surface area contributed by atoms with E-state index in [-0.39, 0.29) is 11.9 Å². The molecule has 1 fully saturated rings. The summed E-state index contributed by atoms with van der Waals surface area (Å²) in [6.07, 6.45) is 3.13. The molecule has 1 aliphatic carbocycles. The molecule has 1 amide bonds. The van der Waals surface area contributed by atoms with Gasteiger partial charge in [-0.1, -0.05) is 30.7 Å². The summed E-state index contributed by atoms with van der Waals surface area (Å²) in [6, 6.07) is 9.53. The van der Waals surface area contributed by atoms with Gasteiger partial charge in [0.25, 0.3) is 5.91 Å². The molecule has 1 aliphatic rings. The molecule has 0 saturated heterocycles. The normalized spacial score (nSPS) is 15.7. The molecule has 2 N–H and O–H groups in total. The number of hydrogen-bond acceptors (Lipinski definition) is 2. The van der Waals surface area contributed by atoms with Gasteiger partial charge < -0.3 is 5.32 Å². The van der Waals surface area contributed by atoms with Crippen LogP contribution in [0.3, 0.4) is 0 Å². The average molecular weight is 304 g/mol. The molecule has 1 saturated carbocycles. The van der Waals surface area contributed by atoms with Crippen molar-refractivity contribution in [3.63, 3.8) is 0 Å². The van der Waals surface area contributed by atoms with E-state index in [1.165, 1.54) is 0 Å². The Morgan fingerprint density at radius 2 is 2.14 bits per heavy atom. The lowest BCUT2D eigenvalue weighted by molar-refractivity contribution is 0.0926. The molecule has 1 aromatic heterocycles. The van der Waals surface area contributed by atoms with Crippen molar-refractivity contribution < 1.29 is 4.79 Å². The van der Waals surface area contributed by atoms with Crippen molar-refractivity contribution in [3.05, 3.63) is 52.3 Å². The number of H-pyrrole nitrogens is 1. The second-order valence-electron chi connectivity index (χ2n) is 5.47. The molecule has 0 bridgehead atoms. The molecule has 1 aromatic carbocycles. The summed E-state index contributed by atoms with van der Waals surface area (Å²) in [5.41, 5.74) is 2.52. The first-order chi connectivity index (χ1) is 10.2. The van der Waals surface area contributed by atoms with E-state index < -0.39 is 0 Å². The number of halogens is 1. The Morgan fingerprint density at radius 1 is 1.43 bits per heavy atom. The molecule has 0 aliphatic heterocycles. The van der Waals surface area contributed by atoms with Gasteiger partial charge in [-0.25, -0.2) is 0 Å². The summed E-state index contributed by atoms with van der Waals surface area (Å²) < 4.78 is 0. The van der Waals surface area contributed by atoms with E-state index in [4.69, 9.17) is 11.6 Å². The fraction of sp³-hybridized carbons (Fsp3) is 0.375. The zero-order chi connectivity index (χ0) is 14.8. The smallest absolute Gasteiger partial charge is 0.272 e. The summed E-state index contributed by atoms with van der Waals surface area (Å²) in [5.74, 6) is 0.387. The van der Waals surface area contributed by atoms with Crippen molar-refractivity contribution in [3.8, 4) is 0 Å². The van der Waals surface area contributed by atoms with Crippen LogP contribution in [0.25, 0.3) is 0 Å². The van der Waals surface area contributed by atoms with Crippen LogP contribution in [0.1, 0.15) is 47.6 Å². The molecular weight excluding hydrogens is 286 g/mol. The van der Waals surface area contributed by atoms with Crippen molar-refractivity contribution in [2.24, 2.45) is 5.92 Å². The van der Waals surface area contributed by atoms with Gasteiger partial charge in [-0.2, -0.15) is 5.10 Å². The largest absolute Gasteiger partial charge is 0.344 e. The van der Waals surface area contributed by atoms with Gasteiger partial charge in [0.15, 0.2) is 0 Å². The third-order valence-electron chi connectivity index (χ3n) is 3.85. The fourth-order valence-electron chi connectivity index (χ4n) is 2.45. The first-order valence-corrected chi connectivity index (χ1v) is 7.65. The Hall–Kier alpha value is -1.81. The molecule has 21 heavy (non-hydrogen) atoms. The highest BCUT2D eigenvalue weighted by Crippen LogP contribution is 2.41. The number of rotatable bonds is 5. The molecule has 0 radical (unpaired) electrons. The van der Waals surface area contributed by atoms with Crippen molar-refractivity contribution in [2.75, 3.05) is 0 Å². The molecule has 4 nitrogen and oxygen atoms in total. The summed E-state index contributed by atoms with van der Waals surface area (Å²) >= 11 is 5.93. The van der Waals surface area contributed by atoms with Crippen LogP contribution in [0.5, 0.6) is 0 Å². The number of benzene rings is 1. The minimum atomic E-state index is -0.127. The van der Waals surface area contributed by atoms with Crippen molar-refractivity contribution >= 4 is 17.5 Å². The zero-order valence-electron chi connectivity index (χ0n) is 11.9.